The van der Waals surface area contributed by atoms with Gasteiger partial charge in [-0.25, -0.2) is 0 Å². The molecule has 2 aromatic rings. The molecule has 0 saturated heterocycles. The van der Waals surface area contributed by atoms with Crippen LogP contribution in [0.2, 0.25) is 5.02 Å². The smallest absolute Gasteiger partial charge is 0.0457 e. The molecular weight excluding hydrogens is 266 g/mol. The van der Waals surface area contributed by atoms with Crippen LogP contribution in [0.25, 0.3) is 11.1 Å². The highest BCUT2D eigenvalue weighted by molar-refractivity contribution is 6.31. The number of hydrogen-bond acceptors (Lipinski definition) is 1. The molecule has 0 radical (unpaired) electrons. The average Bonchev–Trinajstić information content (AvgIpc) is 2.41. The highest BCUT2D eigenvalue weighted by Crippen LogP contribution is 2.29. The average molecular weight is 288 g/mol. The van der Waals surface area contributed by atoms with Gasteiger partial charge < -0.3 is 5.32 Å². The van der Waals surface area contributed by atoms with Gasteiger partial charge in [0.05, 0.1) is 0 Å². The van der Waals surface area contributed by atoms with Crippen molar-refractivity contribution >= 4 is 11.6 Å². The summed E-state index contributed by atoms with van der Waals surface area (Å²) in [6.07, 6.45) is 0. The van der Waals surface area contributed by atoms with E-state index in [4.69, 9.17) is 11.6 Å². The van der Waals surface area contributed by atoms with Crippen LogP contribution in [0.15, 0.2) is 30.3 Å². The first-order chi connectivity index (χ1) is 9.52. The topological polar surface area (TPSA) is 12.0 Å². The highest BCUT2D eigenvalue weighted by Gasteiger charge is 2.07. The Bertz CT molecular complexity index is 617. The molecule has 2 aromatic carbocycles. The van der Waals surface area contributed by atoms with Crippen LogP contribution in [0.1, 0.15) is 29.2 Å². The first kappa shape index (κ1) is 15.1. The van der Waals surface area contributed by atoms with Crippen LogP contribution in [0.5, 0.6) is 0 Å². The molecule has 0 amide bonds. The van der Waals surface area contributed by atoms with Gasteiger partial charge in [-0.3, -0.25) is 0 Å². The van der Waals surface area contributed by atoms with E-state index in [-0.39, 0.29) is 0 Å². The summed E-state index contributed by atoms with van der Waals surface area (Å²) < 4.78 is 0. The summed E-state index contributed by atoms with van der Waals surface area (Å²) in [5.41, 5.74) is 7.56. The molecule has 0 unspecified atom stereocenters. The lowest BCUT2D eigenvalue weighted by molar-refractivity contribution is 0.727. The Balaban J connectivity index is 2.39. The molecule has 1 nitrogen and oxygen atoms in total. The Morgan fingerprint density at radius 3 is 2.30 bits per heavy atom. The maximum Gasteiger partial charge on any atom is 0.0457 e. The zero-order valence-corrected chi connectivity index (χ0v) is 13.4. The molecule has 0 aliphatic rings. The lowest BCUT2D eigenvalue weighted by Gasteiger charge is -2.12. The summed E-state index contributed by atoms with van der Waals surface area (Å²) in [5.74, 6) is 0. The maximum atomic E-state index is 6.40. The van der Waals surface area contributed by atoms with E-state index in [1.54, 1.807) is 0 Å². The lowest BCUT2D eigenvalue weighted by atomic mass is 9.95. The summed E-state index contributed by atoms with van der Waals surface area (Å²) in [5, 5.41) is 4.14. The predicted octanol–water partition coefficient (Wildman–Crippen LogP) is 5.04. The van der Waals surface area contributed by atoms with E-state index >= 15 is 0 Å². The Morgan fingerprint density at radius 1 is 0.950 bits per heavy atom. The molecule has 106 valence electrons. The molecule has 0 aliphatic carbocycles. The van der Waals surface area contributed by atoms with Gasteiger partial charge in [-0.2, -0.15) is 0 Å². The zero-order chi connectivity index (χ0) is 14.7. The van der Waals surface area contributed by atoms with E-state index in [9.17, 15) is 0 Å². The van der Waals surface area contributed by atoms with Crippen LogP contribution in [0, 0.1) is 20.8 Å². The van der Waals surface area contributed by atoms with Crippen molar-refractivity contribution in [3.63, 3.8) is 0 Å². The van der Waals surface area contributed by atoms with Gasteiger partial charge in [0.25, 0.3) is 0 Å². The molecule has 0 heterocycles. The molecule has 20 heavy (non-hydrogen) atoms. The second kappa shape index (κ2) is 6.43. The minimum Gasteiger partial charge on any atom is -0.313 e. The lowest BCUT2D eigenvalue weighted by Crippen LogP contribution is -2.11. The molecule has 0 spiro atoms. The SMILES string of the molecule is CCNCc1ccc(-c2cc(C)c(C)cc2C)cc1Cl. The quantitative estimate of drug-likeness (QED) is 0.830. The summed E-state index contributed by atoms with van der Waals surface area (Å²) in [6.45, 7) is 10.3. The normalized spacial score (nSPS) is 10.8. The largest absolute Gasteiger partial charge is 0.313 e. The van der Waals surface area contributed by atoms with Crippen molar-refractivity contribution in [1.29, 1.82) is 0 Å². The molecule has 2 heteroatoms. The first-order valence-electron chi connectivity index (χ1n) is 7.10. The number of aryl methyl sites for hydroxylation is 3. The van der Waals surface area contributed by atoms with E-state index in [2.05, 4.69) is 63.3 Å². The van der Waals surface area contributed by atoms with Crippen LogP contribution in [0.3, 0.4) is 0 Å². The van der Waals surface area contributed by atoms with E-state index in [0.29, 0.717) is 0 Å². The number of hydrogen-bond donors (Lipinski definition) is 1. The summed E-state index contributed by atoms with van der Waals surface area (Å²) in [7, 11) is 0. The number of benzene rings is 2. The molecule has 0 aliphatic heterocycles. The van der Waals surface area contributed by atoms with Crippen molar-refractivity contribution in [2.45, 2.75) is 34.2 Å². The van der Waals surface area contributed by atoms with Crippen LogP contribution >= 0.6 is 11.6 Å². The molecule has 0 bridgehead atoms. The van der Waals surface area contributed by atoms with Gasteiger partial charge in [-0.05, 0) is 66.8 Å². The Hall–Kier alpha value is -1.31. The van der Waals surface area contributed by atoms with Crippen molar-refractivity contribution in [3.05, 3.63) is 57.6 Å². The molecule has 1 N–H and O–H groups in total. The fraction of sp³-hybridized carbons (Fsp3) is 0.333. The van der Waals surface area contributed by atoms with Crippen molar-refractivity contribution < 1.29 is 0 Å². The predicted molar refractivity (Wildman–Crippen MR) is 88.5 cm³/mol. The zero-order valence-electron chi connectivity index (χ0n) is 12.7. The van der Waals surface area contributed by atoms with E-state index in [0.717, 1.165) is 23.7 Å². The minimum absolute atomic E-state index is 0.821. The second-order valence-corrected chi connectivity index (χ2v) is 5.75. The second-order valence-electron chi connectivity index (χ2n) is 5.34. The van der Waals surface area contributed by atoms with Gasteiger partial charge in [-0.15, -0.1) is 0 Å². The van der Waals surface area contributed by atoms with Crippen molar-refractivity contribution in [1.82, 2.24) is 5.32 Å². The van der Waals surface area contributed by atoms with Gasteiger partial charge in [0.1, 0.15) is 0 Å². The van der Waals surface area contributed by atoms with Crippen molar-refractivity contribution in [2.75, 3.05) is 6.54 Å². The third-order valence-corrected chi connectivity index (χ3v) is 4.12. The Labute approximate surface area is 127 Å². The Morgan fingerprint density at radius 2 is 1.65 bits per heavy atom. The minimum atomic E-state index is 0.821. The molecular formula is C18H22ClN. The molecule has 0 saturated carbocycles. The molecule has 0 fully saturated rings. The molecule has 2 rings (SSSR count). The first-order valence-corrected chi connectivity index (χ1v) is 7.48. The Kier molecular flexibility index (Phi) is 4.85. The fourth-order valence-corrected chi connectivity index (χ4v) is 2.64. The summed E-state index contributed by atoms with van der Waals surface area (Å²) in [6, 6.07) is 10.8. The van der Waals surface area contributed by atoms with Crippen LogP contribution in [-0.2, 0) is 6.54 Å². The van der Waals surface area contributed by atoms with Gasteiger partial charge in [0, 0.05) is 11.6 Å². The molecule has 0 atom stereocenters. The maximum absolute atomic E-state index is 6.40. The van der Waals surface area contributed by atoms with Gasteiger partial charge in [0.15, 0.2) is 0 Å². The highest BCUT2D eigenvalue weighted by atomic mass is 35.5. The monoisotopic (exact) mass is 287 g/mol. The van der Waals surface area contributed by atoms with Crippen LogP contribution in [-0.4, -0.2) is 6.54 Å². The van der Waals surface area contributed by atoms with E-state index < -0.39 is 0 Å². The van der Waals surface area contributed by atoms with E-state index in [1.165, 1.54) is 27.8 Å². The van der Waals surface area contributed by atoms with E-state index in [1.807, 2.05) is 0 Å². The number of halogens is 1. The summed E-state index contributed by atoms with van der Waals surface area (Å²) >= 11 is 6.40. The van der Waals surface area contributed by atoms with Crippen LogP contribution < -0.4 is 5.32 Å². The number of rotatable bonds is 4. The number of nitrogens with one attached hydrogen (secondary N) is 1. The van der Waals surface area contributed by atoms with Gasteiger partial charge in [-0.1, -0.05) is 42.8 Å². The van der Waals surface area contributed by atoms with Gasteiger partial charge in [0.2, 0.25) is 0 Å². The standard InChI is InChI=1S/C18H22ClN/c1-5-20-11-16-7-6-15(10-18(16)19)17-9-13(3)12(2)8-14(17)4/h6-10,20H,5,11H2,1-4H3. The fourth-order valence-electron chi connectivity index (χ4n) is 2.39. The summed E-state index contributed by atoms with van der Waals surface area (Å²) in [4.78, 5) is 0. The molecule has 0 aromatic heterocycles. The van der Waals surface area contributed by atoms with Crippen molar-refractivity contribution in [3.8, 4) is 11.1 Å². The van der Waals surface area contributed by atoms with Crippen LogP contribution in [0.4, 0.5) is 0 Å². The third kappa shape index (κ3) is 3.23. The van der Waals surface area contributed by atoms with Gasteiger partial charge >= 0.3 is 0 Å². The third-order valence-electron chi connectivity index (χ3n) is 3.77. The van der Waals surface area contributed by atoms with Crippen molar-refractivity contribution in [2.24, 2.45) is 0 Å².